The quantitative estimate of drug-likeness (QED) is 0.441. The molecular weight excluding hydrogens is 486 g/mol. The van der Waals surface area contributed by atoms with Gasteiger partial charge in [-0.05, 0) is 110 Å². The first-order valence-corrected chi connectivity index (χ1v) is 16.1. The summed E-state index contributed by atoms with van der Waals surface area (Å²) >= 11 is 0. The Morgan fingerprint density at radius 2 is 1.64 bits per heavy atom. The van der Waals surface area contributed by atoms with Gasteiger partial charge in [-0.1, -0.05) is 47.1 Å². The number of hydrogen-bond acceptors (Lipinski definition) is 4. The van der Waals surface area contributed by atoms with Crippen LogP contribution in [0.15, 0.2) is 11.6 Å². The number of rotatable bonds is 1. The summed E-state index contributed by atoms with van der Waals surface area (Å²) in [6.07, 6.45) is 9.67. The lowest BCUT2D eigenvalue weighted by Crippen LogP contribution is -2.69. The number of nitrogens with zero attached hydrogens (tertiary/aromatic N) is 1. The van der Waals surface area contributed by atoms with Crippen molar-refractivity contribution in [1.82, 2.24) is 4.90 Å². The van der Waals surface area contributed by atoms with Crippen LogP contribution in [0, 0.1) is 56.7 Å². The molecule has 39 heavy (non-hydrogen) atoms. The Morgan fingerprint density at radius 3 is 2.33 bits per heavy atom. The lowest BCUT2D eigenvalue weighted by Gasteiger charge is -2.70. The highest BCUT2D eigenvalue weighted by Crippen LogP contribution is 2.75. The van der Waals surface area contributed by atoms with E-state index in [9.17, 15) is 14.7 Å². The fraction of sp³-hybridized carbons (Fsp3) is 0.882. The zero-order chi connectivity index (χ0) is 28.2. The summed E-state index contributed by atoms with van der Waals surface area (Å²) in [7, 11) is 0. The minimum atomic E-state index is -0.866. The second-order valence-electron chi connectivity index (χ2n) is 16.0. The number of carbonyl (C=O) groups is 2. The van der Waals surface area contributed by atoms with Crippen molar-refractivity contribution in [1.29, 1.82) is 0 Å². The highest BCUT2D eigenvalue weighted by Gasteiger charge is 2.71. The van der Waals surface area contributed by atoms with E-state index in [0.29, 0.717) is 61.7 Å². The molecule has 0 spiro atoms. The summed E-state index contributed by atoms with van der Waals surface area (Å²) in [6, 6.07) is 0. The number of fused-ring (bicyclic) bond motifs is 7. The van der Waals surface area contributed by atoms with Crippen LogP contribution in [-0.4, -0.2) is 54.1 Å². The lowest BCUT2D eigenvalue weighted by atomic mass is 9.33. The molecule has 11 atom stereocenters. The van der Waals surface area contributed by atoms with Gasteiger partial charge in [0.15, 0.2) is 5.78 Å². The van der Waals surface area contributed by atoms with Crippen molar-refractivity contribution in [2.24, 2.45) is 56.7 Å². The zero-order valence-corrected chi connectivity index (χ0v) is 25.6. The molecule has 1 heterocycles. The first-order chi connectivity index (χ1) is 18.2. The Labute approximate surface area is 236 Å². The second kappa shape index (κ2) is 8.90. The lowest BCUT2D eigenvalue weighted by molar-refractivity contribution is -0.213. The van der Waals surface area contributed by atoms with E-state index in [-0.39, 0.29) is 34.0 Å². The van der Waals surface area contributed by atoms with Crippen molar-refractivity contribution in [2.75, 3.05) is 26.3 Å². The SMILES string of the molecule is C[C@@H]1CC[C@]2(C)CC[C@]3(C)C(=CC(=O)C4[C@@]5(C)CC[C@@H](O)[C@](C)(C(=O)N6CCOCC6)C5CC[C@]43C)C2[C@H]1C. The first-order valence-electron chi connectivity index (χ1n) is 16.1. The van der Waals surface area contributed by atoms with Crippen LogP contribution in [0.3, 0.4) is 0 Å². The summed E-state index contributed by atoms with van der Waals surface area (Å²) in [5.41, 5.74) is 0.443. The highest BCUT2D eigenvalue weighted by molar-refractivity contribution is 5.96. The minimum absolute atomic E-state index is 0.00423. The second-order valence-corrected chi connectivity index (χ2v) is 16.0. The van der Waals surface area contributed by atoms with Gasteiger partial charge in [-0.3, -0.25) is 9.59 Å². The molecule has 0 aromatic carbocycles. The molecule has 5 heteroatoms. The van der Waals surface area contributed by atoms with Gasteiger partial charge in [0.25, 0.3) is 0 Å². The molecular formula is C34H53NO4. The van der Waals surface area contributed by atoms with Gasteiger partial charge in [-0.25, -0.2) is 0 Å². The van der Waals surface area contributed by atoms with Crippen molar-refractivity contribution in [2.45, 2.75) is 106 Å². The number of aliphatic hydroxyl groups excluding tert-OH is 1. The highest BCUT2D eigenvalue weighted by atomic mass is 16.5. The summed E-state index contributed by atoms with van der Waals surface area (Å²) in [5.74, 6) is 2.02. The van der Waals surface area contributed by atoms with E-state index in [1.165, 1.54) is 24.8 Å². The van der Waals surface area contributed by atoms with E-state index in [1.54, 1.807) is 0 Å². The molecule has 0 aromatic rings. The number of ether oxygens (including phenoxy) is 1. The Balaban J connectivity index is 1.43. The topological polar surface area (TPSA) is 66.8 Å². The largest absolute Gasteiger partial charge is 0.392 e. The number of amides is 1. The summed E-state index contributed by atoms with van der Waals surface area (Å²) in [4.78, 5) is 30.7. The van der Waals surface area contributed by atoms with Crippen molar-refractivity contribution in [3.8, 4) is 0 Å². The Kier molecular flexibility index (Phi) is 6.38. The van der Waals surface area contributed by atoms with Crippen molar-refractivity contribution < 1.29 is 19.4 Å². The van der Waals surface area contributed by atoms with Gasteiger partial charge in [-0.15, -0.1) is 0 Å². The number of carbonyl (C=O) groups excluding carboxylic acids is 2. The minimum Gasteiger partial charge on any atom is -0.392 e. The molecule has 5 fully saturated rings. The van der Waals surface area contributed by atoms with Crippen LogP contribution in [0.2, 0.25) is 0 Å². The van der Waals surface area contributed by atoms with Crippen molar-refractivity contribution >= 4 is 11.7 Å². The van der Waals surface area contributed by atoms with Crippen LogP contribution in [-0.2, 0) is 14.3 Å². The van der Waals surface area contributed by atoms with E-state index >= 15 is 0 Å². The fourth-order valence-electron chi connectivity index (χ4n) is 11.8. The molecule has 5 nitrogen and oxygen atoms in total. The molecule has 1 saturated heterocycles. The average molecular weight is 540 g/mol. The Morgan fingerprint density at radius 1 is 0.949 bits per heavy atom. The van der Waals surface area contributed by atoms with Gasteiger partial charge >= 0.3 is 0 Å². The normalized spacial score (nSPS) is 53.6. The summed E-state index contributed by atoms with van der Waals surface area (Å²) < 4.78 is 5.53. The molecule has 1 N–H and O–H groups in total. The fourth-order valence-corrected chi connectivity index (χ4v) is 11.8. The first kappa shape index (κ1) is 27.9. The smallest absolute Gasteiger partial charge is 0.231 e. The number of allylic oxidation sites excluding steroid dienone is 2. The molecule has 1 amide bonds. The Bertz CT molecular complexity index is 1080. The van der Waals surface area contributed by atoms with Gasteiger partial charge in [0.05, 0.1) is 24.7 Å². The molecule has 4 saturated carbocycles. The third-order valence-corrected chi connectivity index (χ3v) is 14.5. The molecule has 3 unspecified atom stereocenters. The van der Waals surface area contributed by atoms with Crippen molar-refractivity contribution in [3.05, 3.63) is 11.6 Å². The van der Waals surface area contributed by atoms with Crippen LogP contribution in [0.4, 0.5) is 0 Å². The van der Waals surface area contributed by atoms with E-state index in [2.05, 4.69) is 47.6 Å². The predicted octanol–water partition coefficient (Wildman–Crippen LogP) is 6.04. The molecule has 5 aliphatic carbocycles. The molecule has 0 radical (unpaired) electrons. The standard InChI is InChI=1S/C34H53NO4/c1-21-8-11-30(3)14-15-32(5)23(27(30)22(21)2)20-24(36)28-31(4)12-10-26(37)34(7,25(31)9-13-33(28,32)6)29(38)35-16-18-39-19-17-35/h20-22,25-28,37H,8-19H2,1-7H3/t21-,22+,25?,26-,27?,28?,30-,31+,32-,33-,34-/m1/s1. The average Bonchev–Trinajstić information content (AvgIpc) is 2.90. The predicted molar refractivity (Wildman–Crippen MR) is 153 cm³/mol. The van der Waals surface area contributed by atoms with Gasteiger partial charge in [0.1, 0.15) is 0 Å². The van der Waals surface area contributed by atoms with Gasteiger partial charge < -0.3 is 14.7 Å². The number of hydrogen-bond donors (Lipinski definition) is 1. The van der Waals surface area contributed by atoms with Gasteiger partial charge in [-0.2, -0.15) is 0 Å². The maximum Gasteiger partial charge on any atom is 0.231 e. The zero-order valence-electron chi connectivity index (χ0n) is 25.6. The van der Waals surface area contributed by atoms with Crippen LogP contribution < -0.4 is 0 Å². The molecule has 0 aromatic heterocycles. The molecule has 218 valence electrons. The van der Waals surface area contributed by atoms with Crippen LogP contribution in [0.25, 0.3) is 0 Å². The Hall–Kier alpha value is -1.20. The number of aliphatic hydroxyl groups is 1. The van der Waals surface area contributed by atoms with Gasteiger partial charge in [0, 0.05) is 19.0 Å². The van der Waals surface area contributed by atoms with Crippen LogP contribution in [0.5, 0.6) is 0 Å². The van der Waals surface area contributed by atoms with Crippen LogP contribution in [0.1, 0.15) is 99.8 Å². The number of ketones is 1. The van der Waals surface area contributed by atoms with E-state index in [4.69, 9.17) is 4.74 Å². The van der Waals surface area contributed by atoms with E-state index < -0.39 is 11.5 Å². The molecule has 6 rings (SSSR count). The molecule has 1 aliphatic heterocycles. The summed E-state index contributed by atoms with van der Waals surface area (Å²) in [6.45, 7) is 18.9. The van der Waals surface area contributed by atoms with Gasteiger partial charge in [0.2, 0.25) is 5.91 Å². The third kappa shape index (κ3) is 3.50. The van der Waals surface area contributed by atoms with Crippen molar-refractivity contribution in [3.63, 3.8) is 0 Å². The van der Waals surface area contributed by atoms with E-state index in [0.717, 1.165) is 25.7 Å². The molecule has 6 aliphatic rings. The van der Waals surface area contributed by atoms with E-state index in [1.807, 2.05) is 11.8 Å². The maximum atomic E-state index is 14.6. The number of morpholine rings is 1. The molecule has 0 bridgehead atoms. The maximum absolute atomic E-state index is 14.6. The third-order valence-electron chi connectivity index (χ3n) is 14.5. The monoisotopic (exact) mass is 539 g/mol. The van der Waals surface area contributed by atoms with Crippen LogP contribution >= 0.6 is 0 Å². The summed E-state index contributed by atoms with van der Waals surface area (Å²) in [5, 5.41) is 11.5.